The van der Waals surface area contributed by atoms with E-state index in [0.717, 1.165) is 5.56 Å². The lowest BCUT2D eigenvalue weighted by atomic mass is 10.2. The monoisotopic (exact) mass is 302 g/mol. The van der Waals surface area contributed by atoms with E-state index in [4.69, 9.17) is 0 Å². The second-order valence-electron chi connectivity index (χ2n) is 4.80. The lowest BCUT2D eigenvalue weighted by molar-refractivity contribution is 0.601. The molecule has 0 aliphatic heterocycles. The second kappa shape index (κ2) is 4.85. The van der Waals surface area contributed by atoms with E-state index >= 15 is 0 Å². The molecule has 0 saturated carbocycles. The minimum absolute atomic E-state index is 0.222. The average Bonchev–Trinajstić information content (AvgIpc) is 2.82. The van der Waals surface area contributed by atoms with Crippen LogP contribution in [0.25, 0.3) is 11.0 Å². The third-order valence-corrected chi connectivity index (χ3v) is 4.58. The largest absolute Gasteiger partial charge is 0.277 e. The molecule has 0 unspecified atom stereocenters. The molecule has 6 nitrogen and oxygen atoms in total. The first-order chi connectivity index (χ1) is 9.97. The Balaban J connectivity index is 2.05. The Morgan fingerprint density at radius 1 is 1.10 bits per heavy atom. The van der Waals surface area contributed by atoms with Crippen molar-refractivity contribution in [3.05, 3.63) is 48.0 Å². The standard InChI is InChI=1S/C14H14N4O2S/c1-10-6-8-11(9-7-10)21(19,20)16-13-5-3-4-12-14(13)18(2)17-15-12/h3-9,16H,1-2H3. The summed E-state index contributed by atoms with van der Waals surface area (Å²) in [6, 6.07) is 11.9. The number of aryl methyl sites for hydroxylation is 2. The number of hydrogen-bond donors (Lipinski definition) is 1. The Kier molecular flexibility index (Phi) is 3.13. The third kappa shape index (κ3) is 2.47. The summed E-state index contributed by atoms with van der Waals surface area (Å²) >= 11 is 0. The van der Waals surface area contributed by atoms with Crippen molar-refractivity contribution in [3.8, 4) is 0 Å². The summed E-state index contributed by atoms with van der Waals surface area (Å²) < 4.78 is 29.0. The van der Waals surface area contributed by atoms with Crippen LogP contribution in [0.4, 0.5) is 5.69 Å². The topological polar surface area (TPSA) is 76.9 Å². The molecule has 108 valence electrons. The minimum atomic E-state index is -3.64. The van der Waals surface area contributed by atoms with E-state index in [1.165, 1.54) is 0 Å². The molecule has 7 heteroatoms. The van der Waals surface area contributed by atoms with E-state index < -0.39 is 10.0 Å². The van der Waals surface area contributed by atoms with Crippen LogP contribution >= 0.6 is 0 Å². The van der Waals surface area contributed by atoms with Crippen molar-refractivity contribution in [3.63, 3.8) is 0 Å². The molecule has 0 bridgehead atoms. The maximum absolute atomic E-state index is 12.4. The van der Waals surface area contributed by atoms with Crippen molar-refractivity contribution >= 4 is 26.7 Å². The lowest BCUT2D eigenvalue weighted by Gasteiger charge is -2.09. The number of nitrogens with zero attached hydrogens (tertiary/aromatic N) is 3. The first kappa shape index (κ1) is 13.6. The Labute approximate surface area is 122 Å². The molecule has 0 radical (unpaired) electrons. The van der Waals surface area contributed by atoms with Crippen molar-refractivity contribution in [2.45, 2.75) is 11.8 Å². The van der Waals surface area contributed by atoms with Gasteiger partial charge in [0.2, 0.25) is 0 Å². The van der Waals surface area contributed by atoms with Crippen molar-refractivity contribution in [2.24, 2.45) is 7.05 Å². The third-order valence-electron chi connectivity index (χ3n) is 3.20. The van der Waals surface area contributed by atoms with Gasteiger partial charge in [-0.25, -0.2) is 13.1 Å². The number of hydrogen-bond acceptors (Lipinski definition) is 4. The zero-order valence-electron chi connectivity index (χ0n) is 11.6. The summed E-state index contributed by atoms with van der Waals surface area (Å²) in [6.07, 6.45) is 0. The smallest absolute Gasteiger partial charge is 0.261 e. The van der Waals surface area contributed by atoms with Crippen LogP contribution < -0.4 is 4.72 Å². The summed E-state index contributed by atoms with van der Waals surface area (Å²) in [5, 5.41) is 7.87. The normalized spacial score (nSPS) is 11.7. The molecule has 0 aliphatic rings. The molecule has 0 saturated heterocycles. The fourth-order valence-corrected chi connectivity index (χ4v) is 3.18. The Morgan fingerprint density at radius 3 is 2.52 bits per heavy atom. The summed E-state index contributed by atoms with van der Waals surface area (Å²) in [5.41, 5.74) is 2.75. The molecule has 0 spiro atoms. The molecular formula is C14H14N4O2S. The van der Waals surface area contributed by atoms with E-state index in [0.29, 0.717) is 16.7 Å². The highest BCUT2D eigenvalue weighted by molar-refractivity contribution is 7.92. The predicted octanol–water partition coefficient (Wildman–Crippen LogP) is 2.08. The van der Waals surface area contributed by atoms with Gasteiger partial charge in [-0.05, 0) is 31.2 Å². The molecule has 3 aromatic rings. The zero-order chi connectivity index (χ0) is 15.0. The van der Waals surface area contributed by atoms with Gasteiger partial charge in [0.05, 0.1) is 10.6 Å². The number of fused-ring (bicyclic) bond motifs is 1. The van der Waals surface area contributed by atoms with E-state index in [1.54, 1.807) is 54.2 Å². The summed E-state index contributed by atoms with van der Waals surface area (Å²) in [7, 11) is -1.91. The Bertz CT molecular complexity index is 898. The van der Waals surface area contributed by atoms with Gasteiger partial charge in [0, 0.05) is 7.05 Å². The van der Waals surface area contributed by atoms with Gasteiger partial charge in [-0.15, -0.1) is 5.10 Å². The highest BCUT2D eigenvalue weighted by atomic mass is 32.2. The molecule has 0 fully saturated rings. The highest BCUT2D eigenvalue weighted by Gasteiger charge is 2.17. The van der Waals surface area contributed by atoms with Crippen LogP contribution in [0.3, 0.4) is 0 Å². The van der Waals surface area contributed by atoms with Crippen molar-refractivity contribution in [2.75, 3.05) is 4.72 Å². The van der Waals surface area contributed by atoms with Crippen molar-refractivity contribution < 1.29 is 8.42 Å². The van der Waals surface area contributed by atoms with E-state index in [-0.39, 0.29) is 4.90 Å². The number of nitrogens with one attached hydrogen (secondary N) is 1. The number of anilines is 1. The number of rotatable bonds is 3. The predicted molar refractivity (Wildman–Crippen MR) is 80.5 cm³/mol. The van der Waals surface area contributed by atoms with E-state index in [1.807, 2.05) is 6.92 Å². The van der Waals surface area contributed by atoms with E-state index in [2.05, 4.69) is 15.0 Å². The van der Waals surface area contributed by atoms with Gasteiger partial charge in [0.25, 0.3) is 10.0 Å². The van der Waals surface area contributed by atoms with Crippen molar-refractivity contribution in [1.82, 2.24) is 15.0 Å². The number of aromatic nitrogens is 3. The average molecular weight is 302 g/mol. The number of sulfonamides is 1. The highest BCUT2D eigenvalue weighted by Crippen LogP contribution is 2.24. The van der Waals surface area contributed by atoms with Gasteiger partial charge >= 0.3 is 0 Å². The molecular weight excluding hydrogens is 288 g/mol. The molecule has 21 heavy (non-hydrogen) atoms. The molecule has 1 N–H and O–H groups in total. The van der Waals surface area contributed by atoms with Crippen LogP contribution in [0.2, 0.25) is 0 Å². The van der Waals surface area contributed by atoms with Crippen LogP contribution in [0.15, 0.2) is 47.4 Å². The summed E-state index contributed by atoms with van der Waals surface area (Å²) in [4.78, 5) is 0.222. The summed E-state index contributed by atoms with van der Waals surface area (Å²) in [5.74, 6) is 0. The van der Waals surface area contributed by atoms with Gasteiger partial charge in [-0.2, -0.15) is 0 Å². The van der Waals surface area contributed by atoms with Gasteiger partial charge < -0.3 is 0 Å². The van der Waals surface area contributed by atoms with Gasteiger partial charge in [0.15, 0.2) is 0 Å². The maximum atomic E-state index is 12.4. The molecule has 1 aromatic heterocycles. The van der Waals surface area contributed by atoms with Crippen LogP contribution in [0.5, 0.6) is 0 Å². The molecule has 3 rings (SSSR count). The summed E-state index contributed by atoms with van der Waals surface area (Å²) in [6.45, 7) is 1.91. The molecule has 0 aliphatic carbocycles. The molecule has 0 amide bonds. The minimum Gasteiger partial charge on any atom is -0.277 e. The van der Waals surface area contributed by atoms with Gasteiger partial charge in [-0.3, -0.25) is 4.72 Å². The zero-order valence-corrected chi connectivity index (χ0v) is 12.4. The Hall–Kier alpha value is -2.41. The SMILES string of the molecule is Cc1ccc(S(=O)(=O)Nc2cccc3nnn(C)c23)cc1. The van der Waals surface area contributed by atoms with Crippen LogP contribution in [0.1, 0.15) is 5.56 Å². The lowest BCUT2D eigenvalue weighted by Crippen LogP contribution is -2.13. The van der Waals surface area contributed by atoms with Gasteiger partial charge in [-0.1, -0.05) is 29.0 Å². The first-order valence-electron chi connectivity index (χ1n) is 6.35. The maximum Gasteiger partial charge on any atom is 0.261 e. The number of benzene rings is 2. The van der Waals surface area contributed by atoms with Crippen LogP contribution in [-0.4, -0.2) is 23.4 Å². The van der Waals surface area contributed by atoms with Crippen LogP contribution in [-0.2, 0) is 17.1 Å². The fraction of sp³-hybridized carbons (Fsp3) is 0.143. The fourth-order valence-electron chi connectivity index (χ4n) is 2.12. The van der Waals surface area contributed by atoms with Crippen molar-refractivity contribution in [1.29, 1.82) is 0 Å². The molecule has 1 heterocycles. The van der Waals surface area contributed by atoms with Crippen LogP contribution in [0, 0.1) is 6.92 Å². The first-order valence-corrected chi connectivity index (χ1v) is 7.83. The second-order valence-corrected chi connectivity index (χ2v) is 6.49. The number of para-hydroxylation sites is 1. The van der Waals surface area contributed by atoms with E-state index in [9.17, 15) is 8.42 Å². The molecule has 0 atom stereocenters. The molecule has 2 aromatic carbocycles. The Morgan fingerprint density at radius 2 is 1.81 bits per heavy atom. The quantitative estimate of drug-likeness (QED) is 0.803. The van der Waals surface area contributed by atoms with Gasteiger partial charge in [0.1, 0.15) is 11.0 Å².